The molecule has 0 aliphatic carbocycles. The number of aromatic hydroxyl groups is 1. The molecular formula is C16H23N3O2. The van der Waals surface area contributed by atoms with Crippen LogP contribution in [0.25, 0.3) is 0 Å². The van der Waals surface area contributed by atoms with E-state index in [4.69, 9.17) is 4.74 Å². The number of nitrogens with one attached hydrogen (secondary N) is 1. The largest absolute Gasteiger partial charge is 0.504 e. The molecule has 5 nitrogen and oxygen atoms in total. The maximum atomic E-state index is 9.58. The second kappa shape index (κ2) is 7.02. The highest BCUT2D eigenvalue weighted by Crippen LogP contribution is 2.26. The molecule has 0 saturated heterocycles. The first-order chi connectivity index (χ1) is 10.1. The Balaban J connectivity index is 1.99. The number of hydrogen-bond acceptors (Lipinski definition) is 4. The quantitative estimate of drug-likeness (QED) is 0.821. The van der Waals surface area contributed by atoms with Crippen molar-refractivity contribution in [2.45, 2.75) is 39.8 Å². The number of phenols is 1. The van der Waals surface area contributed by atoms with Crippen molar-refractivity contribution in [3.05, 3.63) is 35.5 Å². The lowest BCUT2D eigenvalue weighted by molar-refractivity contribution is 0.373. The van der Waals surface area contributed by atoms with E-state index in [1.54, 1.807) is 13.2 Å². The third-order valence-electron chi connectivity index (χ3n) is 3.42. The van der Waals surface area contributed by atoms with Gasteiger partial charge in [-0.05, 0) is 31.0 Å². The van der Waals surface area contributed by atoms with Gasteiger partial charge >= 0.3 is 0 Å². The van der Waals surface area contributed by atoms with Gasteiger partial charge in [0.25, 0.3) is 0 Å². The molecule has 0 radical (unpaired) electrons. The van der Waals surface area contributed by atoms with E-state index >= 15 is 0 Å². The molecular weight excluding hydrogens is 266 g/mol. The summed E-state index contributed by atoms with van der Waals surface area (Å²) in [5.74, 6) is 1.51. The number of unbranched alkanes of at least 4 members (excludes halogenated alkanes) is 1. The molecule has 0 saturated carbocycles. The van der Waals surface area contributed by atoms with E-state index in [1.807, 2.05) is 22.9 Å². The molecule has 0 fully saturated rings. The normalized spacial score (nSPS) is 10.6. The van der Waals surface area contributed by atoms with Gasteiger partial charge in [0, 0.05) is 24.8 Å². The minimum Gasteiger partial charge on any atom is -0.504 e. The molecule has 2 rings (SSSR count). The minimum atomic E-state index is 0.154. The molecule has 0 atom stereocenters. The van der Waals surface area contributed by atoms with E-state index in [0.29, 0.717) is 12.3 Å². The van der Waals surface area contributed by atoms with Gasteiger partial charge in [0.1, 0.15) is 5.82 Å². The SMILES string of the molecule is CCCCn1nc(NCc2ccc(O)c(OC)c2)cc1C. The monoisotopic (exact) mass is 289 g/mol. The fourth-order valence-corrected chi connectivity index (χ4v) is 2.16. The molecule has 1 aromatic heterocycles. The third kappa shape index (κ3) is 3.90. The highest BCUT2D eigenvalue weighted by molar-refractivity contribution is 5.43. The van der Waals surface area contributed by atoms with Crippen LogP contribution in [0.4, 0.5) is 5.82 Å². The zero-order valence-electron chi connectivity index (χ0n) is 12.9. The molecule has 0 bridgehead atoms. The maximum Gasteiger partial charge on any atom is 0.160 e. The highest BCUT2D eigenvalue weighted by atomic mass is 16.5. The van der Waals surface area contributed by atoms with E-state index in [-0.39, 0.29) is 5.75 Å². The lowest BCUT2D eigenvalue weighted by Gasteiger charge is -2.07. The molecule has 0 unspecified atom stereocenters. The summed E-state index contributed by atoms with van der Waals surface area (Å²) < 4.78 is 7.14. The number of nitrogens with zero attached hydrogens (tertiary/aromatic N) is 2. The summed E-state index contributed by atoms with van der Waals surface area (Å²) in [4.78, 5) is 0. The van der Waals surface area contributed by atoms with Crippen molar-refractivity contribution >= 4 is 5.82 Å². The molecule has 2 N–H and O–H groups in total. The van der Waals surface area contributed by atoms with Gasteiger partial charge in [-0.2, -0.15) is 5.10 Å². The van der Waals surface area contributed by atoms with Gasteiger partial charge in [-0.15, -0.1) is 0 Å². The van der Waals surface area contributed by atoms with Crippen LogP contribution in [-0.2, 0) is 13.1 Å². The van der Waals surface area contributed by atoms with Crippen molar-refractivity contribution < 1.29 is 9.84 Å². The van der Waals surface area contributed by atoms with Crippen molar-refractivity contribution in [1.82, 2.24) is 9.78 Å². The van der Waals surface area contributed by atoms with Crippen molar-refractivity contribution in [2.24, 2.45) is 0 Å². The lowest BCUT2D eigenvalue weighted by Crippen LogP contribution is -2.04. The van der Waals surface area contributed by atoms with Crippen LogP contribution in [0.3, 0.4) is 0 Å². The Morgan fingerprint density at radius 3 is 2.86 bits per heavy atom. The van der Waals surface area contributed by atoms with Gasteiger partial charge in [-0.3, -0.25) is 4.68 Å². The summed E-state index contributed by atoms with van der Waals surface area (Å²) in [6.07, 6.45) is 2.30. The van der Waals surface area contributed by atoms with E-state index in [2.05, 4.69) is 24.3 Å². The van der Waals surface area contributed by atoms with Gasteiger partial charge < -0.3 is 15.2 Å². The predicted octanol–water partition coefficient (Wildman–Crippen LogP) is 3.32. The Morgan fingerprint density at radius 1 is 1.33 bits per heavy atom. The first kappa shape index (κ1) is 15.2. The zero-order valence-corrected chi connectivity index (χ0v) is 12.9. The highest BCUT2D eigenvalue weighted by Gasteiger charge is 2.05. The molecule has 1 heterocycles. The second-order valence-corrected chi connectivity index (χ2v) is 5.11. The standard InChI is InChI=1S/C16H23N3O2/c1-4-5-8-19-12(2)9-16(18-19)17-11-13-6-7-14(20)15(10-13)21-3/h6-7,9-10,20H,4-5,8,11H2,1-3H3,(H,17,18). The van der Waals surface area contributed by atoms with Gasteiger partial charge in [0.05, 0.1) is 7.11 Å². The van der Waals surface area contributed by atoms with Crippen LogP contribution in [0.1, 0.15) is 31.0 Å². The van der Waals surface area contributed by atoms with Crippen LogP contribution in [-0.4, -0.2) is 22.0 Å². The van der Waals surface area contributed by atoms with Crippen LogP contribution in [0.5, 0.6) is 11.5 Å². The molecule has 1 aromatic carbocycles. The number of ether oxygens (including phenoxy) is 1. The Morgan fingerprint density at radius 2 is 2.14 bits per heavy atom. The van der Waals surface area contributed by atoms with Gasteiger partial charge in [0.2, 0.25) is 0 Å². The number of aryl methyl sites for hydroxylation is 2. The Hall–Kier alpha value is -2.17. The number of anilines is 1. The molecule has 0 amide bonds. The minimum absolute atomic E-state index is 0.154. The molecule has 5 heteroatoms. The van der Waals surface area contributed by atoms with Crippen LogP contribution in [0.15, 0.2) is 24.3 Å². The number of rotatable bonds is 7. The van der Waals surface area contributed by atoms with Crippen molar-refractivity contribution in [1.29, 1.82) is 0 Å². The average molecular weight is 289 g/mol. The molecule has 2 aromatic rings. The van der Waals surface area contributed by atoms with Crippen LogP contribution >= 0.6 is 0 Å². The molecule has 114 valence electrons. The first-order valence-electron chi connectivity index (χ1n) is 7.28. The van der Waals surface area contributed by atoms with Crippen LogP contribution in [0, 0.1) is 6.92 Å². The van der Waals surface area contributed by atoms with Gasteiger partial charge in [0.15, 0.2) is 11.5 Å². The molecule has 0 spiro atoms. The zero-order chi connectivity index (χ0) is 15.2. The second-order valence-electron chi connectivity index (χ2n) is 5.11. The molecule has 21 heavy (non-hydrogen) atoms. The van der Waals surface area contributed by atoms with Crippen molar-refractivity contribution in [3.63, 3.8) is 0 Å². The summed E-state index contributed by atoms with van der Waals surface area (Å²) in [7, 11) is 1.55. The topological polar surface area (TPSA) is 59.3 Å². The number of benzene rings is 1. The predicted molar refractivity (Wildman–Crippen MR) is 83.9 cm³/mol. The average Bonchev–Trinajstić information content (AvgIpc) is 2.84. The van der Waals surface area contributed by atoms with E-state index in [0.717, 1.165) is 36.5 Å². The summed E-state index contributed by atoms with van der Waals surface area (Å²) in [6.45, 7) is 5.84. The smallest absolute Gasteiger partial charge is 0.160 e. The van der Waals surface area contributed by atoms with Crippen molar-refractivity contribution in [3.8, 4) is 11.5 Å². The summed E-state index contributed by atoms with van der Waals surface area (Å²) >= 11 is 0. The Kier molecular flexibility index (Phi) is 5.09. The Labute approximate surface area is 125 Å². The third-order valence-corrected chi connectivity index (χ3v) is 3.42. The maximum absolute atomic E-state index is 9.58. The summed E-state index contributed by atoms with van der Waals surface area (Å²) in [5.41, 5.74) is 2.19. The molecule has 0 aliphatic heterocycles. The molecule has 0 aliphatic rings. The van der Waals surface area contributed by atoms with E-state index in [9.17, 15) is 5.11 Å². The fourth-order valence-electron chi connectivity index (χ4n) is 2.16. The number of hydrogen-bond donors (Lipinski definition) is 2. The van der Waals surface area contributed by atoms with Gasteiger partial charge in [-0.25, -0.2) is 0 Å². The van der Waals surface area contributed by atoms with E-state index < -0.39 is 0 Å². The Bertz CT molecular complexity index is 593. The van der Waals surface area contributed by atoms with E-state index in [1.165, 1.54) is 0 Å². The number of methoxy groups -OCH3 is 1. The summed E-state index contributed by atoms with van der Waals surface area (Å²) in [5, 5.41) is 17.4. The number of aromatic nitrogens is 2. The number of phenolic OH excluding ortho intramolecular Hbond substituents is 1. The van der Waals surface area contributed by atoms with Crippen LogP contribution < -0.4 is 10.1 Å². The lowest BCUT2D eigenvalue weighted by atomic mass is 10.2. The van der Waals surface area contributed by atoms with Gasteiger partial charge in [-0.1, -0.05) is 19.4 Å². The van der Waals surface area contributed by atoms with Crippen molar-refractivity contribution in [2.75, 3.05) is 12.4 Å². The van der Waals surface area contributed by atoms with Crippen LogP contribution in [0.2, 0.25) is 0 Å². The first-order valence-corrected chi connectivity index (χ1v) is 7.28. The fraction of sp³-hybridized carbons (Fsp3) is 0.438. The summed E-state index contributed by atoms with van der Waals surface area (Å²) in [6, 6.07) is 7.38.